The Kier molecular flexibility index (Phi) is 7.95. The zero-order valence-electron chi connectivity index (χ0n) is 33.8. The second-order valence-electron chi connectivity index (χ2n) is 16.2. The molecule has 0 fully saturated rings. The van der Waals surface area contributed by atoms with Gasteiger partial charge in [0.25, 0.3) is 0 Å². The van der Waals surface area contributed by atoms with E-state index in [1.54, 1.807) is 0 Å². The summed E-state index contributed by atoms with van der Waals surface area (Å²) in [6.45, 7) is 6.15. The van der Waals surface area contributed by atoms with Crippen LogP contribution in [0.1, 0.15) is 11.3 Å². The lowest BCUT2D eigenvalue weighted by molar-refractivity contribution is 1.10. The molecule has 2 nitrogen and oxygen atoms in total. The van der Waals surface area contributed by atoms with Crippen molar-refractivity contribution in [1.82, 2.24) is 4.57 Å². The molecule has 0 N–H and O–H groups in total. The van der Waals surface area contributed by atoms with Gasteiger partial charge in [-0.25, -0.2) is 0 Å². The fourth-order valence-corrected chi connectivity index (χ4v) is 10.1. The summed E-state index contributed by atoms with van der Waals surface area (Å²) in [5, 5.41) is 16.6. The number of anilines is 3. The third-order valence-electron chi connectivity index (χ3n) is 12.8. The molecule has 0 aliphatic heterocycles. The van der Waals surface area contributed by atoms with Gasteiger partial charge in [0.1, 0.15) is 0 Å². The largest absolute Gasteiger partial charge is 0.310 e. The zero-order valence-corrected chi connectivity index (χ0v) is 33.8. The van der Waals surface area contributed by atoms with Gasteiger partial charge in [-0.15, -0.1) is 0 Å². The maximum Gasteiger partial charge on any atom is 0.0543 e. The van der Waals surface area contributed by atoms with Gasteiger partial charge in [0.15, 0.2) is 0 Å². The van der Waals surface area contributed by atoms with Crippen LogP contribution in [-0.2, 0) is 0 Å². The second-order valence-corrected chi connectivity index (χ2v) is 16.2. The summed E-state index contributed by atoms with van der Waals surface area (Å²) >= 11 is 0. The van der Waals surface area contributed by atoms with Crippen LogP contribution in [0.5, 0.6) is 0 Å². The molecule has 0 saturated heterocycles. The number of aryl methyl sites for hydroxylation is 1. The summed E-state index contributed by atoms with van der Waals surface area (Å²) in [6.07, 6.45) is 6.02. The van der Waals surface area contributed by atoms with E-state index in [1.165, 1.54) is 92.2 Å². The number of aromatic nitrogens is 1. The maximum absolute atomic E-state index is 3.94. The van der Waals surface area contributed by atoms with Gasteiger partial charge >= 0.3 is 0 Å². The second kappa shape index (κ2) is 13.8. The number of allylic oxidation sites excluding steroid dienone is 2. The van der Waals surface area contributed by atoms with E-state index in [1.807, 2.05) is 12.2 Å². The van der Waals surface area contributed by atoms with E-state index in [9.17, 15) is 0 Å². The van der Waals surface area contributed by atoms with Gasteiger partial charge in [-0.3, -0.25) is 0 Å². The first-order chi connectivity index (χ1) is 30.1. The van der Waals surface area contributed by atoms with Crippen molar-refractivity contribution in [2.45, 2.75) is 6.92 Å². The van der Waals surface area contributed by atoms with Crippen molar-refractivity contribution >= 4 is 98.7 Å². The van der Waals surface area contributed by atoms with Crippen LogP contribution in [-0.4, -0.2) is 4.57 Å². The van der Waals surface area contributed by atoms with Crippen molar-refractivity contribution in [3.63, 3.8) is 0 Å². The molecule has 0 unspecified atom stereocenters. The van der Waals surface area contributed by atoms with E-state index >= 15 is 0 Å². The molecular weight excluding hydrogens is 737 g/mol. The van der Waals surface area contributed by atoms with E-state index in [0.29, 0.717) is 0 Å². The van der Waals surface area contributed by atoms with Crippen LogP contribution in [0.3, 0.4) is 0 Å². The van der Waals surface area contributed by atoms with Crippen LogP contribution in [0.2, 0.25) is 0 Å². The Labute approximate surface area is 354 Å². The average molecular weight is 777 g/mol. The third kappa shape index (κ3) is 5.43. The molecule has 0 bridgehead atoms. The highest BCUT2D eigenvalue weighted by molar-refractivity contribution is 6.37. The molecule has 0 saturated carbocycles. The van der Waals surface area contributed by atoms with Crippen LogP contribution in [0.4, 0.5) is 17.1 Å². The lowest BCUT2D eigenvalue weighted by Crippen LogP contribution is -2.10. The quantitative estimate of drug-likeness (QED) is 0.116. The third-order valence-corrected chi connectivity index (χ3v) is 12.8. The fourth-order valence-electron chi connectivity index (χ4n) is 10.1. The summed E-state index contributed by atoms with van der Waals surface area (Å²) in [5.74, 6) is 0. The van der Waals surface area contributed by atoms with E-state index < -0.39 is 0 Å². The van der Waals surface area contributed by atoms with Crippen LogP contribution in [0.15, 0.2) is 213 Å². The molecule has 2 heteroatoms. The smallest absolute Gasteiger partial charge is 0.0543 e. The summed E-state index contributed by atoms with van der Waals surface area (Å²) in [4.78, 5) is 2.41. The molecule has 286 valence electrons. The lowest BCUT2D eigenvalue weighted by atomic mass is 9.87. The summed E-state index contributed by atoms with van der Waals surface area (Å²) in [6, 6.07) is 71.8. The maximum atomic E-state index is 3.94. The Balaban J connectivity index is 1.07. The molecule has 0 aliphatic carbocycles. The lowest BCUT2D eigenvalue weighted by Gasteiger charge is -2.27. The van der Waals surface area contributed by atoms with Crippen LogP contribution >= 0.6 is 0 Å². The Morgan fingerprint density at radius 3 is 1.59 bits per heavy atom. The SMILES string of the molecule is C=C/C=C\c1c(C)c2ccc(-c3ccc(N(c4ccccc4)c4cc5ccc6cccc7c8cccc9ccc%10cccc(c(c4)c5c67)c%10c98)cc3)cc2n1-c1ccccc1. The molecule has 0 radical (unpaired) electrons. The fraction of sp³-hybridized carbons (Fsp3) is 0.0169. The Morgan fingerprint density at radius 2 is 0.967 bits per heavy atom. The average Bonchev–Trinajstić information content (AvgIpc) is 3.60. The molecule has 0 atom stereocenters. The molecule has 0 amide bonds. The molecule has 12 rings (SSSR count). The summed E-state index contributed by atoms with van der Waals surface area (Å²) in [7, 11) is 0. The minimum absolute atomic E-state index is 1.10. The van der Waals surface area contributed by atoms with E-state index in [-0.39, 0.29) is 0 Å². The minimum Gasteiger partial charge on any atom is -0.310 e. The van der Waals surface area contributed by atoms with Crippen LogP contribution in [0, 0.1) is 6.92 Å². The van der Waals surface area contributed by atoms with Crippen molar-refractivity contribution in [1.29, 1.82) is 0 Å². The molecule has 11 aromatic carbocycles. The molecule has 1 aromatic heterocycles. The van der Waals surface area contributed by atoms with Crippen LogP contribution < -0.4 is 4.90 Å². The number of para-hydroxylation sites is 2. The van der Waals surface area contributed by atoms with Crippen LogP contribution in [0.25, 0.3) is 98.4 Å². The highest BCUT2D eigenvalue weighted by atomic mass is 15.1. The molecule has 61 heavy (non-hydrogen) atoms. The van der Waals surface area contributed by atoms with Gasteiger partial charge in [0.2, 0.25) is 0 Å². The number of fused-ring (bicyclic) bond motifs is 3. The number of nitrogens with zero attached hydrogens (tertiary/aromatic N) is 2. The van der Waals surface area contributed by atoms with E-state index in [0.717, 1.165) is 28.4 Å². The normalized spacial score (nSPS) is 12.0. The first-order valence-corrected chi connectivity index (χ1v) is 21.0. The Morgan fingerprint density at radius 1 is 0.426 bits per heavy atom. The van der Waals surface area contributed by atoms with Gasteiger partial charge in [-0.1, -0.05) is 158 Å². The molecule has 12 aromatic rings. The number of rotatable bonds is 7. The molecular formula is C59H40N2. The van der Waals surface area contributed by atoms with Gasteiger partial charge in [-0.05, 0) is 149 Å². The highest BCUT2D eigenvalue weighted by Gasteiger charge is 2.20. The number of benzene rings is 10. The van der Waals surface area contributed by atoms with Crippen molar-refractivity contribution < 1.29 is 0 Å². The molecule has 0 aliphatic rings. The minimum atomic E-state index is 1.10. The molecule has 1 heterocycles. The zero-order chi connectivity index (χ0) is 40.6. The summed E-state index contributed by atoms with van der Waals surface area (Å²) < 4.78 is 2.36. The Hall–Kier alpha value is -7.94. The predicted molar refractivity (Wildman–Crippen MR) is 264 cm³/mol. The topological polar surface area (TPSA) is 8.17 Å². The van der Waals surface area contributed by atoms with E-state index in [2.05, 4.69) is 223 Å². The standard InChI is InChI=1S/C59H40N2/c1-3-4-24-54-38(2)49-34-31-43(36-55(49)61(54)46-19-9-6-10-20-46)39-29-32-47(33-30-39)60(45-17-7-5-8-18-45)48-35-44-28-27-42-15-12-22-51-50-21-11-14-40-25-26-41-16-13-23-52(58(41)56(40)50)53(37-48)59(44)57(42)51/h3-37H,1H2,2H3/b24-4-,51-50?,53-52?. The number of hydrogen-bond donors (Lipinski definition) is 0. The van der Waals surface area contributed by atoms with Crippen molar-refractivity contribution in [3.05, 3.63) is 224 Å². The molecule has 0 spiro atoms. The van der Waals surface area contributed by atoms with Crippen molar-refractivity contribution in [2.75, 3.05) is 4.90 Å². The van der Waals surface area contributed by atoms with E-state index in [4.69, 9.17) is 0 Å². The van der Waals surface area contributed by atoms with Crippen molar-refractivity contribution in [2.24, 2.45) is 0 Å². The first kappa shape index (κ1) is 35.0. The highest BCUT2D eigenvalue weighted by Crippen LogP contribution is 2.46. The number of hydrogen-bond acceptors (Lipinski definition) is 1. The monoisotopic (exact) mass is 776 g/mol. The van der Waals surface area contributed by atoms with Gasteiger partial charge in [-0.2, -0.15) is 0 Å². The van der Waals surface area contributed by atoms with Gasteiger partial charge in [0.05, 0.1) is 5.52 Å². The predicted octanol–water partition coefficient (Wildman–Crippen LogP) is 16.6. The van der Waals surface area contributed by atoms with Crippen molar-refractivity contribution in [3.8, 4) is 16.8 Å². The summed E-state index contributed by atoms with van der Waals surface area (Å²) in [5.41, 5.74) is 10.4. The van der Waals surface area contributed by atoms with Gasteiger partial charge < -0.3 is 9.47 Å². The Bertz CT molecular complexity index is 3700. The first-order valence-electron chi connectivity index (χ1n) is 21.0. The van der Waals surface area contributed by atoms with Gasteiger partial charge in [0, 0.05) is 33.8 Å².